The topological polar surface area (TPSA) is 35.0 Å². The molecule has 0 aliphatic heterocycles. The van der Waals surface area contributed by atoms with Crippen molar-refractivity contribution in [1.82, 2.24) is 10.2 Å². The lowest BCUT2D eigenvalue weighted by atomic mass is 10.1. The van der Waals surface area contributed by atoms with Gasteiger partial charge in [-0.15, -0.1) is 5.10 Å². The largest absolute Gasteiger partial charge is 0.437 e. The summed E-state index contributed by atoms with van der Waals surface area (Å²) in [6, 6.07) is 15.1. The zero-order valence-corrected chi connectivity index (χ0v) is 11.1. The van der Waals surface area contributed by atoms with Gasteiger partial charge in [-0.25, -0.2) is 0 Å². The van der Waals surface area contributed by atoms with Gasteiger partial charge in [0.2, 0.25) is 5.88 Å². The fraction of sp³-hybridized carbons (Fsp3) is 0.0667. The van der Waals surface area contributed by atoms with Gasteiger partial charge in [-0.2, -0.15) is 5.10 Å². The van der Waals surface area contributed by atoms with Gasteiger partial charge in [-0.05, 0) is 31.2 Å². The molecule has 3 rings (SSSR count). The first-order valence-corrected chi connectivity index (χ1v) is 6.27. The Hall–Kier alpha value is -2.13. The van der Waals surface area contributed by atoms with Crippen molar-refractivity contribution in [3.63, 3.8) is 0 Å². The first-order valence-electron chi connectivity index (χ1n) is 5.89. The average Bonchev–Trinajstić information content (AvgIpc) is 2.42. The lowest BCUT2D eigenvalue weighted by Gasteiger charge is -2.08. The van der Waals surface area contributed by atoms with Crippen LogP contribution in [0.4, 0.5) is 0 Å². The Balaban J connectivity index is 2.09. The molecule has 0 aliphatic rings. The summed E-state index contributed by atoms with van der Waals surface area (Å²) in [6.45, 7) is 1.93. The molecule has 0 bridgehead atoms. The van der Waals surface area contributed by atoms with Crippen LogP contribution in [-0.4, -0.2) is 10.2 Å². The van der Waals surface area contributed by atoms with Gasteiger partial charge in [0.1, 0.15) is 5.75 Å². The van der Waals surface area contributed by atoms with Crippen molar-refractivity contribution < 1.29 is 4.74 Å². The number of benzene rings is 2. The molecule has 94 valence electrons. The van der Waals surface area contributed by atoms with E-state index in [9.17, 15) is 0 Å². The van der Waals surface area contributed by atoms with E-state index in [-0.39, 0.29) is 0 Å². The summed E-state index contributed by atoms with van der Waals surface area (Å²) >= 11 is 5.94. The van der Waals surface area contributed by atoms with E-state index in [0.717, 1.165) is 16.5 Å². The standard InChI is InChI=1S/C15H11ClN2O/c1-10-13-7-2-3-8-14(13)15(18-17-10)19-12-6-4-5-11(16)9-12/h2-9H,1H3. The number of rotatable bonds is 2. The van der Waals surface area contributed by atoms with Crippen LogP contribution in [0.1, 0.15) is 5.69 Å². The molecule has 2 aromatic carbocycles. The third-order valence-corrected chi connectivity index (χ3v) is 3.08. The maximum atomic E-state index is 5.94. The van der Waals surface area contributed by atoms with Crippen LogP contribution >= 0.6 is 11.6 Å². The van der Waals surface area contributed by atoms with Crippen LogP contribution in [0, 0.1) is 6.92 Å². The molecular weight excluding hydrogens is 260 g/mol. The van der Waals surface area contributed by atoms with Crippen LogP contribution in [-0.2, 0) is 0 Å². The highest BCUT2D eigenvalue weighted by Gasteiger charge is 2.08. The number of fused-ring (bicyclic) bond motifs is 1. The van der Waals surface area contributed by atoms with E-state index < -0.39 is 0 Å². The Kier molecular flexibility index (Phi) is 3.05. The Morgan fingerprint density at radius 2 is 1.74 bits per heavy atom. The van der Waals surface area contributed by atoms with E-state index in [1.165, 1.54) is 0 Å². The van der Waals surface area contributed by atoms with Gasteiger partial charge in [0.05, 0.1) is 5.69 Å². The molecule has 1 aromatic heterocycles. The SMILES string of the molecule is Cc1nnc(Oc2cccc(Cl)c2)c2ccccc12. The number of halogens is 1. The number of hydrogen-bond acceptors (Lipinski definition) is 3. The molecule has 19 heavy (non-hydrogen) atoms. The lowest BCUT2D eigenvalue weighted by molar-refractivity contribution is 0.461. The average molecular weight is 271 g/mol. The number of hydrogen-bond donors (Lipinski definition) is 0. The Morgan fingerprint density at radius 3 is 2.53 bits per heavy atom. The monoisotopic (exact) mass is 270 g/mol. The second-order valence-corrected chi connectivity index (χ2v) is 4.63. The molecule has 0 spiro atoms. The van der Waals surface area contributed by atoms with Crippen molar-refractivity contribution in [2.24, 2.45) is 0 Å². The molecular formula is C15H11ClN2O. The summed E-state index contributed by atoms with van der Waals surface area (Å²) in [6.07, 6.45) is 0. The van der Waals surface area contributed by atoms with Crippen molar-refractivity contribution in [3.8, 4) is 11.6 Å². The molecule has 0 unspecified atom stereocenters. The maximum absolute atomic E-state index is 5.94. The first kappa shape index (κ1) is 11.9. The van der Waals surface area contributed by atoms with Crippen LogP contribution in [0.5, 0.6) is 11.6 Å². The fourth-order valence-electron chi connectivity index (χ4n) is 1.93. The van der Waals surface area contributed by atoms with E-state index in [1.807, 2.05) is 43.3 Å². The highest BCUT2D eigenvalue weighted by Crippen LogP contribution is 2.29. The van der Waals surface area contributed by atoms with Crippen LogP contribution in [0.2, 0.25) is 5.02 Å². The molecule has 4 heteroatoms. The zero-order valence-electron chi connectivity index (χ0n) is 10.3. The van der Waals surface area contributed by atoms with Crippen LogP contribution in [0.3, 0.4) is 0 Å². The smallest absolute Gasteiger partial charge is 0.246 e. The van der Waals surface area contributed by atoms with E-state index in [4.69, 9.17) is 16.3 Å². The maximum Gasteiger partial charge on any atom is 0.246 e. The predicted octanol–water partition coefficient (Wildman–Crippen LogP) is 4.38. The number of aryl methyl sites for hydroxylation is 1. The van der Waals surface area contributed by atoms with Crippen molar-refractivity contribution >= 4 is 22.4 Å². The molecule has 3 aromatic rings. The van der Waals surface area contributed by atoms with Crippen molar-refractivity contribution in [1.29, 1.82) is 0 Å². The number of ether oxygens (including phenoxy) is 1. The van der Waals surface area contributed by atoms with Gasteiger partial charge in [-0.3, -0.25) is 0 Å². The Labute approximate surface area is 115 Å². The van der Waals surface area contributed by atoms with Gasteiger partial charge in [0.15, 0.2) is 0 Å². The highest BCUT2D eigenvalue weighted by atomic mass is 35.5. The summed E-state index contributed by atoms with van der Waals surface area (Å²) < 4.78 is 5.77. The van der Waals surface area contributed by atoms with Gasteiger partial charge in [-0.1, -0.05) is 35.9 Å². The van der Waals surface area contributed by atoms with E-state index in [2.05, 4.69) is 10.2 Å². The molecule has 0 radical (unpaired) electrons. The van der Waals surface area contributed by atoms with Gasteiger partial charge in [0.25, 0.3) is 0 Å². The van der Waals surface area contributed by atoms with Crippen LogP contribution in [0.15, 0.2) is 48.5 Å². The number of nitrogens with zero attached hydrogens (tertiary/aromatic N) is 2. The highest BCUT2D eigenvalue weighted by molar-refractivity contribution is 6.30. The molecule has 1 heterocycles. The fourth-order valence-corrected chi connectivity index (χ4v) is 2.11. The summed E-state index contributed by atoms with van der Waals surface area (Å²) in [5.74, 6) is 1.14. The number of aromatic nitrogens is 2. The van der Waals surface area contributed by atoms with Gasteiger partial charge >= 0.3 is 0 Å². The van der Waals surface area contributed by atoms with E-state index in [1.54, 1.807) is 12.1 Å². The molecule has 0 amide bonds. The van der Waals surface area contributed by atoms with E-state index >= 15 is 0 Å². The molecule has 0 N–H and O–H groups in total. The first-order chi connectivity index (χ1) is 9.24. The van der Waals surface area contributed by atoms with Gasteiger partial charge in [0, 0.05) is 15.8 Å². The molecule has 0 aliphatic carbocycles. The minimum absolute atomic E-state index is 0.489. The molecule has 0 saturated heterocycles. The zero-order chi connectivity index (χ0) is 13.2. The normalized spacial score (nSPS) is 10.6. The van der Waals surface area contributed by atoms with Crippen LogP contribution < -0.4 is 4.74 Å². The summed E-state index contributed by atoms with van der Waals surface area (Å²) in [7, 11) is 0. The summed E-state index contributed by atoms with van der Waals surface area (Å²) in [4.78, 5) is 0. The minimum atomic E-state index is 0.489. The van der Waals surface area contributed by atoms with E-state index in [0.29, 0.717) is 16.7 Å². The quantitative estimate of drug-likeness (QED) is 0.693. The van der Waals surface area contributed by atoms with Crippen LogP contribution in [0.25, 0.3) is 10.8 Å². The summed E-state index contributed by atoms with van der Waals surface area (Å²) in [5, 5.41) is 10.8. The molecule has 0 fully saturated rings. The van der Waals surface area contributed by atoms with Crippen molar-refractivity contribution in [2.75, 3.05) is 0 Å². The second kappa shape index (κ2) is 4.86. The third kappa shape index (κ3) is 2.37. The lowest BCUT2D eigenvalue weighted by Crippen LogP contribution is -1.95. The minimum Gasteiger partial charge on any atom is -0.437 e. The molecule has 3 nitrogen and oxygen atoms in total. The Bertz CT molecular complexity index is 743. The van der Waals surface area contributed by atoms with Crippen molar-refractivity contribution in [2.45, 2.75) is 6.92 Å². The Morgan fingerprint density at radius 1 is 0.947 bits per heavy atom. The summed E-state index contributed by atoms with van der Waals surface area (Å²) in [5.41, 5.74) is 0.883. The molecule has 0 atom stereocenters. The third-order valence-electron chi connectivity index (χ3n) is 2.85. The van der Waals surface area contributed by atoms with Crippen molar-refractivity contribution in [3.05, 3.63) is 59.2 Å². The predicted molar refractivity (Wildman–Crippen MR) is 75.8 cm³/mol. The molecule has 0 saturated carbocycles. The second-order valence-electron chi connectivity index (χ2n) is 4.20. The van der Waals surface area contributed by atoms with Gasteiger partial charge < -0.3 is 4.74 Å².